The summed E-state index contributed by atoms with van der Waals surface area (Å²) in [4.78, 5) is 36.9. The average molecular weight is 398 g/mol. The summed E-state index contributed by atoms with van der Waals surface area (Å²) in [7, 11) is 1.30. The highest BCUT2D eigenvalue weighted by atomic mass is 32.2. The number of thioether (sulfide) groups is 1. The molecule has 0 bridgehead atoms. The Morgan fingerprint density at radius 3 is 2.48 bits per heavy atom. The van der Waals surface area contributed by atoms with E-state index < -0.39 is 11.9 Å². The third kappa shape index (κ3) is 3.91. The quantitative estimate of drug-likeness (QED) is 0.443. The van der Waals surface area contributed by atoms with E-state index in [0.29, 0.717) is 26.0 Å². The number of hydrogen-bond acceptors (Lipinski definition) is 7. The molecule has 0 N–H and O–H groups in total. The number of hydrogen-bond donors (Lipinski definition) is 0. The van der Waals surface area contributed by atoms with E-state index in [0.717, 1.165) is 11.8 Å². The average Bonchev–Trinajstić information content (AvgIpc) is 2.95. The second kappa shape index (κ2) is 7.73. The molecule has 27 heavy (non-hydrogen) atoms. The minimum absolute atomic E-state index is 0.0380. The van der Waals surface area contributed by atoms with Crippen LogP contribution in [-0.4, -0.2) is 29.3 Å². The van der Waals surface area contributed by atoms with Crippen molar-refractivity contribution < 1.29 is 24.2 Å². The second-order valence-electron chi connectivity index (χ2n) is 5.47. The topological polar surface area (TPSA) is 86.7 Å². The summed E-state index contributed by atoms with van der Waals surface area (Å²) in [6.45, 7) is 0. The Labute approximate surface area is 164 Å². The van der Waals surface area contributed by atoms with Gasteiger partial charge in [-0.25, -0.2) is 4.79 Å². The van der Waals surface area contributed by atoms with Crippen molar-refractivity contribution in [2.75, 3.05) is 12.0 Å². The van der Waals surface area contributed by atoms with Gasteiger partial charge in [-0.1, -0.05) is 48.2 Å². The molecule has 0 spiro atoms. The Balaban J connectivity index is 1.87. The first kappa shape index (κ1) is 18.8. The molecule has 0 atom stereocenters. The molecule has 136 valence electrons. The number of amides is 1. The summed E-state index contributed by atoms with van der Waals surface area (Å²) in [5.74, 6) is -2.12. The first-order valence-electron chi connectivity index (χ1n) is 7.68. The van der Waals surface area contributed by atoms with Gasteiger partial charge in [0, 0.05) is 0 Å². The zero-order valence-corrected chi connectivity index (χ0v) is 15.6. The molecule has 8 heteroatoms. The highest BCUT2D eigenvalue weighted by Crippen LogP contribution is 2.36. The van der Waals surface area contributed by atoms with Gasteiger partial charge in [0.05, 0.1) is 29.2 Å². The van der Waals surface area contributed by atoms with Crippen LogP contribution in [0.25, 0.3) is 6.08 Å². The van der Waals surface area contributed by atoms with Crippen molar-refractivity contribution in [1.29, 1.82) is 0 Å². The molecule has 3 rings (SSSR count). The Hall–Kier alpha value is -2.97. The summed E-state index contributed by atoms with van der Waals surface area (Å²) in [6, 6.07) is 12.4. The fourth-order valence-electron chi connectivity index (χ4n) is 2.45. The summed E-state index contributed by atoms with van der Waals surface area (Å²) in [5, 5.41) is 11.0. The SMILES string of the molecule is COC(=O)c1ccc(/C=C2\SC(=S)N(c3cccc(C(=O)[O-])c3)C2=O)cc1. The number of benzene rings is 2. The molecule has 1 heterocycles. The number of carbonyl (C=O) groups excluding carboxylic acids is 3. The van der Waals surface area contributed by atoms with E-state index >= 15 is 0 Å². The number of carboxylic acids is 1. The van der Waals surface area contributed by atoms with Gasteiger partial charge in [-0.15, -0.1) is 0 Å². The lowest BCUT2D eigenvalue weighted by Crippen LogP contribution is -2.28. The molecule has 0 saturated carbocycles. The normalized spacial score (nSPS) is 15.3. The number of aromatic carboxylic acids is 1. The van der Waals surface area contributed by atoms with Crippen LogP contribution in [0.1, 0.15) is 26.3 Å². The summed E-state index contributed by atoms with van der Waals surface area (Å²) in [6.07, 6.45) is 1.66. The number of carboxylic acid groups (broad SMARTS) is 1. The predicted molar refractivity (Wildman–Crippen MR) is 104 cm³/mol. The van der Waals surface area contributed by atoms with Gasteiger partial charge in [0.25, 0.3) is 5.91 Å². The predicted octanol–water partition coefficient (Wildman–Crippen LogP) is 2.24. The lowest BCUT2D eigenvalue weighted by Gasteiger charge is -2.15. The van der Waals surface area contributed by atoms with E-state index in [9.17, 15) is 19.5 Å². The molecule has 0 radical (unpaired) electrons. The van der Waals surface area contributed by atoms with E-state index in [4.69, 9.17) is 12.2 Å². The van der Waals surface area contributed by atoms with Crippen LogP contribution in [0.15, 0.2) is 53.4 Å². The number of nitrogens with zero attached hydrogens (tertiary/aromatic N) is 1. The second-order valence-corrected chi connectivity index (χ2v) is 7.14. The lowest BCUT2D eigenvalue weighted by molar-refractivity contribution is -0.255. The van der Waals surface area contributed by atoms with Crippen LogP contribution >= 0.6 is 24.0 Å². The van der Waals surface area contributed by atoms with Crippen LogP contribution in [0.5, 0.6) is 0 Å². The van der Waals surface area contributed by atoms with Crippen LogP contribution in [0.4, 0.5) is 5.69 Å². The molecule has 0 aliphatic carbocycles. The number of rotatable bonds is 4. The van der Waals surface area contributed by atoms with Gasteiger partial charge in [0.15, 0.2) is 4.32 Å². The fourth-order valence-corrected chi connectivity index (χ4v) is 3.75. The lowest BCUT2D eigenvalue weighted by atomic mass is 10.1. The van der Waals surface area contributed by atoms with Crippen LogP contribution in [0, 0.1) is 0 Å². The Bertz CT molecular complexity index is 982. The fraction of sp³-hybridized carbons (Fsp3) is 0.0526. The van der Waals surface area contributed by atoms with Gasteiger partial charge in [-0.2, -0.15) is 0 Å². The van der Waals surface area contributed by atoms with Crippen molar-refractivity contribution in [3.63, 3.8) is 0 Å². The first-order valence-corrected chi connectivity index (χ1v) is 8.91. The summed E-state index contributed by atoms with van der Waals surface area (Å²) < 4.78 is 4.95. The Kier molecular flexibility index (Phi) is 5.38. The van der Waals surface area contributed by atoms with Gasteiger partial charge >= 0.3 is 5.97 Å². The Morgan fingerprint density at radius 1 is 1.15 bits per heavy atom. The van der Waals surface area contributed by atoms with Crippen molar-refractivity contribution in [3.05, 3.63) is 70.1 Å². The van der Waals surface area contributed by atoms with Crippen LogP contribution in [0.3, 0.4) is 0 Å². The molecular formula is C19H12NO5S2-. The van der Waals surface area contributed by atoms with Gasteiger partial charge in [0.1, 0.15) is 0 Å². The van der Waals surface area contributed by atoms with Crippen molar-refractivity contribution in [2.24, 2.45) is 0 Å². The van der Waals surface area contributed by atoms with Gasteiger partial charge in [-0.3, -0.25) is 9.69 Å². The smallest absolute Gasteiger partial charge is 0.337 e. The molecule has 0 unspecified atom stereocenters. The summed E-state index contributed by atoms with van der Waals surface area (Å²) in [5.41, 5.74) is 1.44. The minimum Gasteiger partial charge on any atom is -0.545 e. The van der Waals surface area contributed by atoms with Gasteiger partial charge in [0.2, 0.25) is 0 Å². The molecule has 2 aromatic rings. The third-order valence-electron chi connectivity index (χ3n) is 3.76. The van der Waals surface area contributed by atoms with Crippen molar-refractivity contribution in [2.45, 2.75) is 0 Å². The number of anilines is 1. The van der Waals surface area contributed by atoms with E-state index in [1.54, 1.807) is 36.4 Å². The van der Waals surface area contributed by atoms with Gasteiger partial charge < -0.3 is 14.6 Å². The van der Waals surface area contributed by atoms with Crippen molar-refractivity contribution in [3.8, 4) is 0 Å². The molecule has 1 aliphatic heterocycles. The highest BCUT2D eigenvalue weighted by Gasteiger charge is 2.33. The molecule has 2 aromatic carbocycles. The van der Waals surface area contributed by atoms with E-state index in [1.807, 2.05) is 0 Å². The van der Waals surface area contributed by atoms with Crippen molar-refractivity contribution >= 4 is 57.9 Å². The molecule has 1 saturated heterocycles. The van der Waals surface area contributed by atoms with E-state index in [-0.39, 0.29) is 11.5 Å². The molecule has 0 aromatic heterocycles. The van der Waals surface area contributed by atoms with Gasteiger partial charge in [-0.05, 0) is 41.5 Å². The number of thiocarbonyl (C=S) groups is 1. The molecule has 1 amide bonds. The van der Waals surface area contributed by atoms with E-state index in [2.05, 4.69) is 4.74 Å². The number of methoxy groups -OCH3 is 1. The number of ether oxygens (including phenoxy) is 1. The maximum absolute atomic E-state index is 12.7. The zero-order chi connectivity index (χ0) is 19.6. The number of esters is 1. The molecule has 1 aliphatic rings. The maximum Gasteiger partial charge on any atom is 0.337 e. The minimum atomic E-state index is -1.33. The maximum atomic E-state index is 12.7. The molecular weight excluding hydrogens is 386 g/mol. The van der Waals surface area contributed by atoms with E-state index in [1.165, 1.54) is 30.2 Å². The van der Waals surface area contributed by atoms with Crippen LogP contribution in [0.2, 0.25) is 0 Å². The number of carbonyl (C=O) groups is 3. The molecule has 1 fully saturated rings. The van der Waals surface area contributed by atoms with Crippen molar-refractivity contribution in [1.82, 2.24) is 0 Å². The standard InChI is InChI=1S/C19H13NO5S2/c1-25-18(24)12-7-5-11(6-8-12)9-15-16(21)20(19(26)27-15)14-4-2-3-13(10-14)17(22)23/h2-10H,1H3,(H,22,23)/p-1/b15-9-. The highest BCUT2D eigenvalue weighted by molar-refractivity contribution is 8.27. The monoisotopic (exact) mass is 398 g/mol. The third-order valence-corrected chi connectivity index (χ3v) is 5.07. The first-order chi connectivity index (χ1) is 12.9. The van der Waals surface area contributed by atoms with Crippen LogP contribution < -0.4 is 10.0 Å². The Morgan fingerprint density at radius 2 is 1.85 bits per heavy atom. The zero-order valence-electron chi connectivity index (χ0n) is 14.0. The molecule has 6 nitrogen and oxygen atoms in total. The largest absolute Gasteiger partial charge is 0.545 e. The van der Waals surface area contributed by atoms with Crippen LogP contribution in [-0.2, 0) is 9.53 Å². The summed E-state index contributed by atoms with van der Waals surface area (Å²) >= 11 is 6.39.